The molecule has 15 heavy (non-hydrogen) atoms. The predicted octanol–water partition coefficient (Wildman–Crippen LogP) is 1.61. The smallest absolute Gasteiger partial charge is 0.0955 e. The fourth-order valence-corrected chi connectivity index (χ4v) is 1.43. The van der Waals surface area contributed by atoms with Crippen LogP contribution in [0.3, 0.4) is 0 Å². The fourth-order valence-electron chi connectivity index (χ4n) is 1.43. The lowest BCUT2D eigenvalue weighted by atomic mass is 10.1. The van der Waals surface area contributed by atoms with Gasteiger partial charge in [-0.25, -0.2) is 0 Å². The Morgan fingerprint density at radius 2 is 2.07 bits per heavy atom. The van der Waals surface area contributed by atoms with Crippen molar-refractivity contribution in [2.24, 2.45) is 0 Å². The van der Waals surface area contributed by atoms with E-state index < -0.39 is 0 Å². The standard InChI is InChI=1S/C12H16N2O/c1-2-11(8-13)14-12(9-15)10-6-4-3-5-7-10/h3-7,11-12,14-15H,2,9H2,1H3. The molecule has 1 aromatic rings. The van der Waals surface area contributed by atoms with Crippen LogP contribution in [0.2, 0.25) is 0 Å². The van der Waals surface area contributed by atoms with E-state index in [0.29, 0.717) is 0 Å². The van der Waals surface area contributed by atoms with Gasteiger partial charge >= 0.3 is 0 Å². The van der Waals surface area contributed by atoms with Crippen molar-refractivity contribution in [3.05, 3.63) is 35.9 Å². The Bertz CT molecular complexity index is 318. The number of nitrogens with zero attached hydrogens (tertiary/aromatic N) is 1. The van der Waals surface area contributed by atoms with Gasteiger partial charge in [0.05, 0.1) is 24.8 Å². The first kappa shape index (κ1) is 11.7. The van der Waals surface area contributed by atoms with Crippen molar-refractivity contribution < 1.29 is 5.11 Å². The maximum absolute atomic E-state index is 9.25. The lowest BCUT2D eigenvalue weighted by Gasteiger charge is -2.19. The summed E-state index contributed by atoms with van der Waals surface area (Å²) in [6.45, 7) is 1.95. The fraction of sp³-hybridized carbons (Fsp3) is 0.417. The summed E-state index contributed by atoms with van der Waals surface area (Å²) < 4.78 is 0. The number of hydrogen-bond acceptors (Lipinski definition) is 3. The molecule has 2 N–H and O–H groups in total. The summed E-state index contributed by atoms with van der Waals surface area (Å²) in [4.78, 5) is 0. The number of nitriles is 1. The summed E-state index contributed by atoms with van der Waals surface area (Å²) in [5, 5.41) is 21.2. The molecule has 0 saturated carbocycles. The number of aliphatic hydroxyl groups is 1. The molecular formula is C12H16N2O. The van der Waals surface area contributed by atoms with Crippen LogP contribution in [0.15, 0.2) is 30.3 Å². The van der Waals surface area contributed by atoms with E-state index >= 15 is 0 Å². The Labute approximate surface area is 90.4 Å². The van der Waals surface area contributed by atoms with Crippen molar-refractivity contribution >= 4 is 0 Å². The largest absolute Gasteiger partial charge is 0.394 e. The zero-order valence-electron chi connectivity index (χ0n) is 8.85. The molecule has 0 aliphatic carbocycles. The van der Waals surface area contributed by atoms with Gasteiger partial charge in [0.1, 0.15) is 0 Å². The SMILES string of the molecule is CCC(C#N)NC(CO)c1ccccc1. The molecule has 0 radical (unpaired) electrons. The van der Waals surface area contributed by atoms with Gasteiger partial charge in [-0.1, -0.05) is 37.3 Å². The number of aliphatic hydroxyl groups excluding tert-OH is 1. The Morgan fingerprint density at radius 1 is 1.40 bits per heavy atom. The van der Waals surface area contributed by atoms with E-state index in [1.165, 1.54) is 0 Å². The molecule has 0 amide bonds. The van der Waals surface area contributed by atoms with Gasteiger partial charge in [0.15, 0.2) is 0 Å². The molecule has 0 aromatic heterocycles. The van der Waals surface area contributed by atoms with E-state index in [1.807, 2.05) is 37.3 Å². The van der Waals surface area contributed by atoms with Crippen LogP contribution in [0.25, 0.3) is 0 Å². The molecule has 0 fully saturated rings. The number of nitrogens with one attached hydrogen (secondary N) is 1. The third-order valence-electron chi connectivity index (χ3n) is 2.35. The highest BCUT2D eigenvalue weighted by Gasteiger charge is 2.13. The maximum Gasteiger partial charge on any atom is 0.0955 e. The minimum absolute atomic E-state index is 0.00218. The van der Waals surface area contributed by atoms with Crippen LogP contribution in [-0.4, -0.2) is 17.8 Å². The summed E-state index contributed by atoms with van der Waals surface area (Å²) in [5.41, 5.74) is 1.01. The van der Waals surface area contributed by atoms with Crippen molar-refractivity contribution in [3.8, 4) is 6.07 Å². The Morgan fingerprint density at radius 3 is 2.53 bits per heavy atom. The summed E-state index contributed by atoms with van der Waals surface area (Å²) in [6.07, 6.45) is 0.736. The van der Waals surface area contributed by atoms with E-state index in [1.54, 1.807) is 0 Å². The van der Waals surface area contributed by atoms with Crippen LogP contribution in [0.5, 0.6) is 0 Å². The molecule has 2 unspecified atom stereocenters. The molecule has 0 aliphatic rings. The van der Waals surface area contributed by atoms with Crippen LogP contribution in [0, 0.1) is 11.3 Å². The number of rotatable bonds is 5. The van der Waals surface area contributed by atoms with E-state index in [9.17, 15) is 5.11 Å². The van der Waals surface area contributed by atoms with Gasteiger partial charge in [0.25, 0.3) is 0 Å². The normalized spacial score (nSPS) is 14.2. The summed E-state index contributed by atoms with van der Waals surface area (Å²) >= 11 is 0. The second-order valence-electron chi connectivity index (χ2n) is 3.40. The topological polar surface area (TPSA) is 56.0 Å². The molecule has 2 atom stereocenters. The predicted molar refractivity (Wildman–Crippen MR) is 59.1 cm³/mol. The molecule has 0 aliphatic heterocycles. The van der Waals surface area contributed by atoms with Gasteiger partial charge in [0, 0.05) is 0 Å². The van der Waals surface area contributed by atoms with Crippen LogP contribution in [-0.2, 0) is 0 Å². The van der Waals surface area contributed by atoms with Crippen molar-refractivity contribution in [3.63, 3.8) is 0 Å². The van der Waals surface area contributed by atoms with Crippen molar-refractivity contribution in [1.82, 2.24) is 5.32 Å². The minimum Gasteiger partial charge on any atom is -0.394 e. The molecular weight excluding hydrogens is 188 g/mol. The first-order valence-corrected chi connectivity index (χ1v) is 5.13. The van der Waals surface area contributed by atoms with E-state index in [-0.39, 0.29) is 18.7 Å². The lowest BCUT2D eigenvalue weighted by molar-refractivity contribution is 0.238. The highest BCUT2D eigenvalue weighted by Crippen LogP contribution is 2.12. The molecule has 1 aromatic carbocycles. The van der Waals surface area contributed by atoms with Crippen LogP contribution in [0.4, 0.5) is 0 Å². The molecule has 0 spiro atoms. The average molecular weight is 204 g/mol. The Kier molecular flexibility index (Phi) is 4.82. The van der Waals surface area contributed by atoms with Crippen LogP contribution in [0.1, 0.15) is 24.9 Å². The zero-order chi connectivity index (χ0) is 11.1. The van der Waals surface area contributed by atoms with Gasteiger partial charge in [0.2, 0.25) is 0 Å². The number of benzene rings is 1. The summed E-state index contributed by atoms with van der Waals surface area (Å²) in [5.74, 6) is 0. The monoisotopic (exact) mass is 204 g/mol. The Balaban J connectivity index is 2.69. The maximum atomic E-state index is 9.25. The summed E-state index contributed by atoms with van der Waals surface area (Å²) in [6, 6.07) is 11.5. The van der Waals surface area contributed by atoms with Gasteiger partial charge in [-0.05, 0) is 12.0 Å². The third kappa shape index (κ3) is 3.35. The van der Waals surface area contributed by atoms with E-state index in [2.05, 4.69) is 11.4 Å². The first-order chi connectivity index (χ1) is 7.31. The highest BCUT2D eigenvalue weighted by molar-refractivity contribution is 5.19. The molecule has 80 valence electrons. The first-order valence-electron chi connectivity index (χ1n) is 5.13. The van der Waals surface area contributed by atoms with Crippen LogP contribution >= 0.6 is 0 Å². The molecule has 3 heteroatoms. The van der Waals surface area contributed by atoms with Gasteiger partial charge in [-0.3, -0.25) is 5.32 Å². The van der Waals surface area contributed by atoms with Crippen LogP contribution < -0.4 is 5.32 Å². The quantitative estimate of drug-likeness (QED) is 0.766. The van der Waals surface area contributed by atoms with Crippen molar-refractivity contribution in [1.29, 1.82) is 5.26 Å². The Hall–Kier alpha value is -1.37. The summed E-state index contributed by atoms with van der Waals surface area (Å²) in [7, 11) is 0. The number of hydrogen-bond donors (Lipinski definition) is 2. The molecule has 3 nitrogen and oxygen atoms in total. The van der Waals surface area contributed by atoms with E-state index in [4.69, 9.17) is 5.26 Å². The third-order valence-corrected chi connectivity index (χ3v) is 2.35. The lowest BCUT2D eigenvalue weighted by Crippen LogP contribution is -2.33. The van der Waals surface area contributed by atoms with E-state index in [0.717, 1.165) is 12.0 Å². The molecule has 0 bridgehead atoms. The second-order valence-corrected chi connectivity index (χ2v) is 3.40. The average Bonchev–Trinajstić information content (AvgIpc) is 2.32. The molecule has 0 heterocycles. The molecule has 0 saturated heterocycles. The zero-order valence-corrected chi connectivity index (χ0v) is 8.85. The highest BCUT2D eigenvalue weighted by atomic mass is 16.3. The van der Waals surface area contributed by atoms with Crippen molar-refractivity contribution in [2.45, 2.75) is 25.4 Å². The van der Waals surface area contributed by atoms with Gasteiger partial charge < -0.3 is 5.11 Å². The van der Waals surface area contributed by atoms with Gasteiger partial charge in [-0.15, -0.1) is 0 Å². The van der Waals surface area contributed by atoms with Gasteiger partial charge in [-0.2, -0.15) is 5.26 Å². The second kappa shape index (κ2) is 6.18. The minimum atomic E-state index is -0.206. The molecule has 1 rings (SSSR count). The van der Waals surface area contributed by atoms with Crippen molar-refractivity contribution in [2.75, 3.05) is 6.61 Å².